The third-order valence-electron chi connectivity index (χ3n) is 2.30. The maximum atomic E-state index is 10.7. The summed E-state index contributed by atoms with van der Waals surface area (Å²) in [6.07, 6.45) is 8.26. The summed E-state index contributed by atoms with van der Waals surface area (Å²) < 4.78 is 0. The zero-order chi connectivity index (χ0) is 12.4. The van der Waals surface area contributed by atoms with E-state index < -0.39 is 17.9 Å². The molecule has 0 aromatic heterocycles. The van der Waals surface area contributed by atoms with Crippen molar-refractivity contribution in [3.8, 4) is 0 Å². The van der Waals surface area contributed by atoms with Gasteiger partial charge in [0.1, 0.15) is 0 Å². The summed E-state index contributed by atoms with van der Waals surface area (Å²) in [5.41, 5.74) is 0. The number of carboxylic acids is 2. The fourth-order valence-electron chi connectivity index (χ4n) is 1.38. The molecule has 0 aliphatic heterocycles. The van der Waals surface area contributed by atoms with Crippen molar-refractivity contribution in [1.29, 1.82) is 0 Å². The number of aliphatic carboxylic acids is 2. The van der Waals surface area contributed by atoms with Crippen molar-refractivity contribution in [2.24, 2.45) is 5.92 Å². The van der Waals surface area contributed by atoms with Gasteiger partial charge in [-0.1, -0.05) is 38.3 Å². The van der Waals surface area contributed by atoms with Crippen molar-refractivity contribution in [1.82, 2.24) is 0 Å². The molecule has 0 radical (unpaired) electrons. The first kappa shape index (κ1) is 23.3. The van der Waals surface area contributed by atoms with Crippen LogP contribution < -0.4 is 0 Å². The molecular formula is C12H24AlNaO4. The van der Waals surface area contributed by atoms with Crippen LogP contribution in [0.3, 0.4) is 0 Å². The summed E-state index contributed by atoms with van der Waals surface area (Å²) in [5.74, 6) is -3.06. The molecule has 0 fully saturated rings. The standard InChI is InChI=1S/C12H20O4.Al.Na.4H/c1-2-3-4-5-6-7-8-10(12(15)16)9-11(13)14;;;;;;/h7-8,10H,2-6,9H2,1H3,(H,13,14)(H,15,16);;;;;;. The van der Waals surface area contributed by atoms with Crippen molar-refractivity contribution >= 4 is 58.9 Å². The van der Waals surface area contributed by atoms with Crippen LogP contribution >= 0.6 is 0 Å². The molecule has 0 spiro atoms. The summed E-state index contributed by atoms with van der Waals surface area (Å²) in [7, 11) is 0. The molecule has 6 heteroatoms. The van der Waals surface area contributed by atoms with Crippen LogP contribution in [-0.4, -0.2) is 69.1 Å². The predicted molar refractivity (Wildman–Crippen MR) is 78.4 cm³/mol. The van der Waals surface area contributed by atoms with Gasteiger partial charge < -0.3 is 10.2 Å². The molecule has 0 amide bonds. The molecule has 18 heavy (non-hydrogen) atoms. The minimum atomic E-state index is -1.08. The Balaban J connectivity index is -0.00000112. The summed E-state index contributed by atoms with van der Waals surface area (Å²) >= 11 is 0. The first-order valence-electron chi connectivity index (χ1n) is 5.69. The van der Waals surface area contributed by atoms with Gasteiger partial charge in [-0.2, -0.15) is 0 Å². The van der Waals surface area contributed by atoms with Crippen LogP contribution in [0.25, 0.3) is 0 Å². The van der Waals surface area contributed by atoms with Crippen LogP contribution in [-0.2, 0) is 9.59 Å². The molecule has 0 saturated carbocycles. The van der Waals surface area contributed by atoms with Gasteiger partial charge in [-0.05, 0) is 12.8 Å². The Bertz CT molecular complexity index is 256. The average Bonchev–Trinajstić information content (AvgIpc) is 2.20. The van der Waals surface area contributed by atoms with Crippen molar-refractivity contribution in [3.05, 3.63) is 12.2 Å². The number of allylic oxidation sites excluding steroid dienone is 1. The molecule has 0 aliphatic carbocycles. The van der Waals surface area contributed by atoms with E-state index in [0.717, 1.165) is 19.3 Å². The second kappa shape index (κ2) is 15.3. The quantitative estimate of drug-likeness (QED) is 0.373. The Morgan fingerprint density at radius 1 is 1.17 bits per heavy atom. The molecule has 0 aliphatic rings. The molecule has 0 rings (SSSR count). The van der Waals surface area contributed by atoms with Crippen molar-refractivity contribution < 1.29 is 19.8 Å². The van der Waals surface area contributed by atoms with Crippen molar-refractivity contribution in [2.45, 2.75) is 45.4 Å². The van der Waals surface area contributed by atoms with E-state index in [0.29, 0.717) is 0 Å². The topological polar surface area (TPSA) is 74.6 Å². The van der Waals surface area contributed by atoms with Gasteiger partial charge in [-0.25, -0.2) is 0 Å². The number of rotatable bonds is 9. The molecule has 1 atom stereocenters. The number of hydrogen-bond donors (Lipinski definition) is 2. The molecule has 0 bridgehead atoms. The molecular weight excluding hydrogens is 258 g/mol. The van der Waals surface area contributed by atoms with E-state index in [4.69, 9.17) is 10.2 Å². The molecule has 0 aromatic rings. The third-order valence-corrected chi connectivity index (χ3v) is 2.30. The number of unbranched alkanes of at least 4 members (excludes halogenated alkanes) is 4. The first-order valence-corrected chi connectivity index (χ1v) is 5.69. The Kier molecular flexibility index (Phi) is 19.8. The van der Waals surface area contributed by atoms with E-state index in [1.54, 1.807) is 6.08 Å². The SMILES string of the molecule is CCCCCCC=CC(CC(=O)O)C(=O)O.[AlH3].[NaH]. The zero-order valence-electron chi connectivity index (χ0n) is 9.69. The molecule has 0 aromatic carbocycles. The molecule has 0 heterocycles. The van der Waals surface area contributed by atoms with Gasteiger partial charge >= 0.3 is 41.5 Å². The van der Waals surface area contributed by atoms with Gasteiger partial charge in [-0.3, -0.25) is 9.59 Å². The van der Waals surface area contributed by atoms with Crippen LogP contribution in [0.4, 0.5) is 0 Å². The number of carbonyl (C=O) groups is 2. The van der Waals surface area contributed by atoms with Crippen LogP contribution in [0, 0.1) is 5.92 Å². The van der Waals surface area contributed by atoms with E-state index >= 15 is 0 Å². The third kappa shape index (κ3) is 14.3. The van der Waals surface area contributed by atoms with Gasteiger partial charge in [0.15, 0.2) is 17.4 Å². The van der Waals surface area contributed by atoms with Crippen LogP contribution in [0.5, 0.6) is 0 Å². The fourth-order valence-corrected chi connectivity index (χ4v) is 1.38. The van der Waals surface area contributed by atoms with Gasteiger partial charge in [0.25, 0.3) is 0 Å². The Labute approximate surface area is 141 Å². The molecule has 4 nitrogen and oxygen atoms in total. The van der Waals surface area contributed by atoms with Crippen LogP contribution in [0.1, 0.15) is 45.4 Å². The summed E-state index contributed by atoms with van der Waals surface area (Å²) in [4.78, 5) is 21.1. The molecule has 1 unspecified atom stereocenters. The molecule has 2 N–H and O–H groups in total. The second-order valence-electron chi connectivity index (χ2n) is 3.82. The second-order valence-corrected chi connectivity index (χ2v) is 3.82. The van der Waals surface area contributed by atoms with Gasteiger partial charge in [-0.15, -0.1) is 0 Å². The van der Waals surface area contributed by atoms with Gasteiger partial charge in [0.05, 0.1) is 12.3 Å². The average molecular weight is 282 g/mol. The fraction of sp³-hybridized carbons (Fsp3) is 0.667. The van der Waals surface area contributed by atoms with Gasteiger partial charge in [0.2, 0.25) is 0 Å². The summed E-state index contributed by atoms with van der Waals surface area (Å²) in [6.45, 7) is 2.13. The van der Waals surface area contributed by atoms with Gasteiger partial charge in [0, 0.05) is 0 Å². The van der Waals surface area contributed by atoms with E-state index in [1.165, 1.54) is 18.9 Å². The summed E-state index contributed by atoms with van der Waals surface area (Å²) in [5, 5.41) is 17.3. The van der Waals surface area contributed by atoms with E-state index in [1.807, 2.05) is 0 Å². The number of hydrogen-bond acceptors (Lipinski definition) is 2. The Morgan fingerprint density at radius 3 is 2.22 bits per heavy atom. The van der Waals surface area contributed by atoms with Crippen molar-refractivity contribution in [2.75, 3.05) is 0 Å². The Hall–Kier alpha value is 0.212. The Morgan fingerprint density at radius 2 is 1.78 bits per heavy atom. The normalized spacial score (nSPS) is 11.4. The molecule has 0 saturated heterocycles. The van der Waals surface area contributed by atoms with Crippen LogP contribution in [0.15, 0.2) is 12.2 Å². The van der Waals surface area contributed by atoms with E-state index in [9.17, 15) is 9.59 Å². The van der Waals surface area contributed by atoms with Crippen LogP contribution in [0.2, 0.25) is 0 Å². The van der Waals surface area contributed by atoms with E-state index in [-0.39, 0.29) is 53.3 Å². The number of carboxylic acid groups (broad SMARTS) is 2. The maximum absolute atomic E-state index is 10.7. The van der Waals surface area contributed by atoms with Crippen molar-refractivity contribution in [3.63, 3.8) is 0 Å². The monoisotopic (exact) mass is 282 g/mol. The summed E-state index contributed by atoms with van der Waals surface area (Å²) in [6, 6.07) is 0. The first-order chi connectivity index (χ1) is 7.57. The zero-order valence-corrected chi connectivity index (χ0v) is 9.69. The molecule has 100 valence electrons. The predicted octanol–water partition coefficient (Wildman–Crippen LogP) is 0.856. The van der Waals surface area contributed by atoms with E-state index in [2.05, 4.69) is 6.92 Å². The minimum absolute atomic E-state index is 0.